The molecule has 13 heavy (non-hydrogen) atoms. The Balaban J connectivity index is 2.53. The third-order valence-electron chi connectivity index (χ3n) is 3.98. The molecule has 0 amide bonds. The lowest BCUT2D eigenvalue weighted by Gasteiger charge is -2.35. The molecule has 3 unspecified atom stereocenters. The summed E-state index contributed by atoms with van der Waals surface area (Å²) in [6.07, 6.45) is 8.64. The average Bonchev–Trinajstić information content (AvgIpc) is 2.01. The first-order valence-electron chi connectivity index (χ1n) is 6.06. The smallest absolute Gasteiger partial charge is 0.0326 e. The van der Waals surface area contributed by atoms with Gasteiger partial charge in [0.05, 0.1) is 0 Å². The van der Waals surface area contributed by atoms with Crippen molar-refractivity contribution in [2.24, 2.45) is 17.3 Å². The summed E-state index contributed by atoms with van der Waals surface area (Å²) >= 11 is 0. The van der Waals surface area contributed by atoms with Crippen molar-refractivity contribution in [3.8, 4) is 0 Å². The fraction of sp³-hybridized carbons (Fsp3) is 1.00. The van der Waals surface area contributed by atoms with E-state index >= 15 is 0 Å². The van der Waals surface area contributed by atoms with E-state index in [0.717, 1.165) is 11.8 Å². The van der Waals surface area contributed by atoms with Gasteiger partial charge in [-0.25, -0.2) is 0 Å². The van der Waals surface area contributed by atoms with Crippen LogP contribution in [0.5, 0.6) is 0 Å². The zero-order valence-corrected chi connectivity index (χ0v) is 9.90. The van der Waals surface area contributed by atoms with Crippen LogP contribution in [0.2, 0.25) is 0 Å². The number of hydrogen-bond donors (Lipinski definition) is 0. The Labute approximate surface area is 84.1 Å². The molecule has 0 aromatic rings. The molecule has 0 saturated heterocycles. The van der Waals surface area contributed by atoms with Gasteiger partial charge in [-0.05, 0) is 36.5 Å². The predicted molar refractivity (Wildman–Crippen MR) is 59.8 cm³/mol. The molecule has 1 fully saturated rings. The van der Waals surface area contributed by atoms with Crippen LogP contribution in [0.15, 0.2) is 0 Å². The highest BCUT2D eigenvalue weighted by Gasteiger charge is 2.27. The second kappa shape index (κ2) is 4.48. The van der Waals surface area contributed by atoms with Crippen LogP contribution in [0.1, 0.15) is 66.2 Å². The van der Waals surface area contributed by atoms with Gasteiger partial charge in [0.25, 0.3) is 0 Å². The summed E-state index contributed by atoms with van der Waals surface area (Å²) in [5.41, 5.74) is 0.652. The molecular weight excluding hydrogens is 156 g/mol. The summed E-state index contributed by atoms with van der Waals surface area (Å²) in [6, 6.07) is 0. The Bertz CT molecular complexity index is 150. The second-order valence-corrected chi connectivity index (χ2v) is 5.71. The van der Waals surface area contributed by atoms with Gasteiger partial charge < -0.3 is 0 Å². The Kier molecular flexibility index (Phi) is 3.82. The molecule has 0 nitrogen and oxygen atoms in total. The van der Waals surface area contributed by atoms with E-state index in [1.807, 2.05) is 0 Å². The summed E-state index contributed by atoms with van der Waals surface area (Å²) in [5.74, 6) is 1.91. The Hall–Kier alpha value is 0. The van der Waals surface area contributed by atoms with Gasteiger partial charge in [0.15, 0.2) is 0 Å². The van der Waals surface area contributed by atoms with Crippen LogP contribution in [-0.4, -0.2) is 0 Å². The van der Waals surface area contributed by atoms with Crippen molar-refractivity contribution in [2.45, 2.75) is 66.2 Å². The first-order valence-corrected chi connectivity index (χ1v) is 6.06. The van der Waals surface area contributed by atoms with E-state index in [0.29, 0.717) is 5.41 Å². The first-order chi connectivity index (χ1) is 6.06. The van der Waals surface area contributed by atoms with Crippen molar-refractivity contribution in [3.63, 3.8) is 0 Å². The summed E-state index contributed by atoms with van der Waals surface area (Å²) in [4.78, 5) is 0. The van der Waals surface area contributed by atoms with Crippen LogP contribution in [0, 0.1) is 17.3 Å². The highest BCUT2D eigenvalue weighted by Crippen LogP contribution is 2.40. The molecule has 0 aliphatic heterocycles. The van der Waals surface area contributed by atoms with Gasteiger partial charge in [-0.1, -0.05) is 47.0 Å². The molecule has 1 aliphatic rings. The third kappa shape index (κ3) is 3.32. The van der Waals surface area contributed by atoms with E-state index in [1.165, 1.54) is 38.5 Å². The summed E-state index contributed by atoms with van der Waals surface area (Å²) < 4.78 is 0. The Morgan fingerprint density at radius 2 is 1.92 bits per heavy atom. The van der Waals surface area contributed by atoms with Crippen molar-refractivity contribution >= 4 is 0 Å². The average molecular weight is 182 g/mol. The second-order valence-electron chi connectivity index (χ2n) is 5.71. The molecular formula is C13H26. The highest BCUT2D eigenvalue weighted by atomic mass is 14.3. The van der Waals surface area contributed by atoms with Crippen LogP contribution < -0.4 is 0 Å². The van der Waals surface area contributed by atoms with Crippen LogP contribution >= 0.6 is 0 Å². The summed E-state index contributed by atoms with van der Waals surface area (Å²) in [7, 11) is 0. The van der Waals surface area contributed by atoms with E-state index in [2.05, 4.69) is 27.7 Å². The topological polar surface area (TPSA) is 0 Å². The normalized spacial score (nSPS) is 42.5. The molecule has 1 aliphatic carbocycles. The van der Waals surface area contributed by atoms with Crippen molar-refractivity contribution in [2.75, 3.05) is 0 Å². The maximum Gasteiger partial charge on any atom is -0.0326 e. The minimum absolute atomic E-state index is 0.652. The van der Waals surface area contributed by atoms with E-state index in [1.54, 1.807) is 0 Å². The Morgan fingerprint density at radius 3 is 2.54 bits per heavy atom. The number of hydrogen-bond acceptors (Lipinski definition) is 0. The maximum atomic E-state index is 2.49. The SMILES string of the molecule is CCC1(C)CCCC(C)CC(C)C1. The molecule has 0 bridgehead atoms. The molecule has 1 rings (SSSR count). The molecule has 0 heteroatoms. The van der Waals surface area contributed by atoms with Crippen LogP contribution in [-0.2, 0) is 0 Å². The molecule has 0 N–H and O–H groups in total. The lowest BCUT2D eigenvalue weighted by molar-refractivity contribution is 0.169. The first kappa shape index (κ1) is 11.1. The molecule has 0 radical (unpaired) electrons. The monoisotopic (exact) mass is 182 g/mol. The van der Waals surface area contributed by atoms with Crippen molar-refractivity contribution in [1.82, 2.24) is 0 Å². The molecule has 1 saturated carbocycles. The lowest BCUT2D eigenvalue weighted by Crippen LogP contribution is -2.22. The minimum Gasteiger partial charge on any atom is -0.0649 e. The lowest BCUT2D eigenvalue weighted by atomic mass is 9.71. The van der Waals surface area contributed by atoms with Gasteiger partial charge in [0.2, 0.25) is 0 Å². The minimum atomic E-state index is 0.652. The van der Waals surface area contributed by atoms with Gasteiger partial charge >= 0.3 is 0 Å². The van der Waals surface area contributed by atoms with Crippen molar-refractivity contribution in [1.29, 1.82) is 0 Å². The van der Waals surface area contributed by atoms with Gasteiger partial charge in [0, 0.05) is 0 Å². The highest BCUT2D eigenvalue weighted by molar-refractivity contribution is 4.79. The fourth-order valence-corrected chi connectivity index (χ4v) is 3.03. The van der Waals surface area contributed by atoms with Gasteiger partial charge in [-0.15, -0.1) is 0 Å². The fourth-order valence-electron chi connectivity index (χ4n) is 3.03. The van der Waals surface area contributed by atoms with Crippen molar-refractivity contribution < 1.29 is 0 Å². The molecule has 0 spiro atoms. The zero-order valence-electron chi connectivity index (χ0n) is 9.90. The van der Waals surface area contributed by atoms with Crippen LogP contribution in [0.3, 0.4) is 0 Å². The molecule has 3 atom stereocenters. The van der Waals surface area contributed by atoms with E-state index in [9.17, 15) is 0 Å². The molecule has 0 heterocycles. The Morgan fingerprint density at radius 1 is 1.23 bits per heavy atom. The standard InChI is InChI=1S/C13H26/c1-5-13(4)8-6-7-11(2)9-12(3)10-13/h11-12H,5-10H2,1-4H3. The van der Waals surface area contributed by atoms with Gasteiger partial charge in [-0.2, -0.15) is 0 Å². The van der Waals surface area contributed by atoms with E-state index in [4.69, 9.17) is 0 Å². The summed E-state index contributed by atoms with van der Waals surface area (Å²) in [5, 5.41) is 0. The molecule has 0 aromatic heterocycles. The zero-order chi connectivity index (χ0) is 9.90. The molecule has 0 aromatic carbocycles. The number of rotatable bonds is 1. The molecule has 78 valence electrons. The predicted octanol–water partition coefficient (Wildman–Crippen LogP) is 4.64. The third-order valence-corrected chi connectivity index (χ3v) is 3.98. The quantitative estimate of drug-likeness (QED) is 0.554. The summed E-state index contributed by atoms with van der Waals surface area (Å²) in [6.45, 7) is 9.71. The van der Waals surface area contributed by atoms with E-state index in [-0.39, 0.29) is 0 Å². The van der Waals surface area contributed by atoms with Crippen molar-refractivity contribution in [3.05, 3.63) is 0 Å². The largest absolute Gasteiger partial charge is 0.0649 e. The van der Waals surface area contributed by atoms with E-state index < -0.39 is 0 Å². The van der Waals surface area contributed by atoms with Crippen LogP contribution in [0.4, 0.5) is 0 Å². The van der Waals surface area contributed by atoms with Gasteiger partial charge in [0.1, 0.15) is 0 Å². The van der Waals surface area contributed by atoms with Gasteiger partial charge in [-0.3, -0.25) is 0 Å². The maximum absolute atomic E-state index is 2.49. The van der Waals surface area contributed by atoms with Crippen LogP contribution in [0.25, 0.3) is 0 Å².